The predicted molar refractivity (Wildman–Crippen MR) is 100 cm³/mol. The first-order valence-electron chi connectivity index (χ1n) is 8.72. The third-order valence-electron chi connectivity index (χ3n) is 3.89. The van der Waals surface area contributed by atoms with E-state index in [4.69, 9.17) is 4.74 Å². The smallest absolute Gasteiger partial charge is 0.227 e. The molecule has 0 unspecified atom stereocenters. The molecule has 2 aromatic rings. The lowest BCUT2D eigenvalue weighted by Gasteiger charge is -2.13. The normalized spacial score (nSPS) is 10.6. The van der Waals surface area contributed by atoms with Crippen LogP contribution in [0.1, 0.15) is 39.4 Å². The van der Waals surface area contributed by atoms with E-state index in [2.05, 4.69) is 20.6 Å². The number of nitrogens with zero attached hydrogens (tertiary/aromatic N) is 2. The summed E-state index contributed by atoms with van der Waals surface area (Å²) in [5, 5.41) is 6.18. The van der Waals surface area contributed by atoms with Crippen LogP contribution in [0.4, 0.5) is 17.2 Å². The van der Waals surface area contributed by atoms with Crippen molar-refractivity contribution in [1.82, 2.24) is 9.97 Å². The number of carbonyl (C=O) groups excluding carboxylic acids is 1. The van der Waals surface area contributed by atoms with Crippen LogP contribution in [0, 0.1) is 12.8 Å². The fourth-order valence-corrected chi connectivity index (χ4v) is 2.51. The molecule has 0 saturated carbocycles. The van der Waals surface area contributed by atoms with Gasteiger partial charge in [-0.1, -0.05) is 13.8 Å². The van der Waals surface area contributed by atoms with E-state index in [1.165, 1.54) is 0 Å². The Kier molecular flexibility index (Phi) is 6.74. The van der Waals surface area contributed by atoms with Crippen molar-refractivity contribution in [3.8, 4) is 5.88 Å². The van der Waals surface area contributed by atoms with Crippen molar-refractivity contribution in [3.05, 3.63) is 36.2 Å². The fourth-order valence-electron chi connectivity index (χ4n) is 2.51. The van der Waals surface area contributed by atoms with Gasteiger partial charge in [-0.25, -0.2) is 4.98 Å². The number of amides is 1. The number of anilines is 3. The molecule has 0 aliphatic carbocycles. The molecule has 2 rings (SSSR count). The standard InChI is InChI=1S/C19H26N4O2/c1-5-14(6-2)19(24)23-16-10-8-15(9-11-16)22-17-12-18(25-7-3)21-13(4)20-17/h8-12,14H,5-7H2,1-4H3,(H,23,24)(H,20,21,22). The van der Waals surface area contributed by atoms with Crippen LogP contribution < -0.4 is 15.4 Å². The highest BCUT2D eigenvalue weighted by atomic mass is 16.5. The SMILES string of the molecule is CCOc1cc(Nc2ccc(NC(=O)C(CC)CC)cc2)nc(C)n1. The monoisotopic (exact) mass is 342 g/mol. The minimum absolute atomic E-state index is 0.0544. The number of hydrogen-bond donors (Lipinski definition) is 2. The van der Waals surface area contributed by atoms with Gasteiger partial charge in [-0.05, 0) is 51.0 Å². The molecule has 1 heterocycles. The van der Waals surface area contributed by atoms with Crippen LogP contribution in [0.3, 0.4) is 0 Å². The quantitative estimate of drug-likeness (QED) is 0.748. The van der Waals surface area contributed by atoms with Crippen molar-refractivity contribution in [1.29, 1.82) is 0 Å². The van der Waals surface area contributed by atoms with Crippen LogP contribution in [0.2, 0.25) is 0 Å². The zero-order valence-corrected chi connectivity index (χ0v) is 15.3. The Morgan fingerprint density at radius 3 is 2.32 bits per heavy atom. The molecule has 0 saturated heterocycles. The Bertz CT molecular complexity index is 697. The molecule has 6 nitrogen and oxygen atoms in total. The Hall–Kier alpha value is -2.63. The molecule has 25 heavy (non-hydrogen) atoms. The molecule has 0 radical (unpaired) electrons. The lowest BCUT2D eigenvalue weighted by atomic mass is 10.0. The molecule has 6 heteroatoms. The zero-order chi connectivity index (χ0) is 18.2. The van der Waals surface area contributed by atoms with Crippen molar-refractivity contribution < 1.29 is 9.53 Å². The van der Waals surface area contributed by atoms with Crippen LogP contribution in [-0.2, 0) is 4.79 Å². The summed E-state index contributed by atoms with van der Waals surface area (Å²) in [7, 11) is 0. The van der Waals surface area contributed by atoms with Gasteiger partial charge in [-0.3, -0.25) is 4.79 Å². The van der Waals surface area contributed by atoms with Gasteiger partial charge in [-0.15, -0.1) is 0 Å². The molecule has 0 fully saturated rings. The van der Waals surface area contributed by atoms with Gasteiger partial charge in [0.15, 0.2) is 0 Å². The molecule has 2 N–H and O–H groups in total. The summed E-state index contributed by atoms with van der Waals surface area (Å²) in [6.45, 7) is 8.35. The number of aromatic nitrogens is 2. The van der Waals surface area contributed by atoms with Crippen molar-refractivity contribution in [2.24, 2.45) is 5.92 Å². The number of hydrogen-bond acceptors (Lipinski definition) is 5. The highest BCUT2D eigenvalue weighted by molar-refractivity contribution is 5.92. The summed E-state index contributed by atoms with van der Waals surface area (Å²) >= 11 is 0. The van der Waals surface area contributed by atoms with E-state index in [1.54, 1.807) is 6.07 Å². The number of rotatable bonds is 8. The molecule has 1 amide bonds. The van der Waals surface area contributed by atoms with Gasteiger partial charge in [0.2, 0.25) is 11.8 Å². The first kappa shape index (κ1) is 18.7. The Morgan fingerprint density at radius 1 is 1.08 bits per heavy atom. The molecule has 0 aliphatic heterocycles. The van der Waals surface area contributed by atoms with E-state index in [0.29, 0.717) is 24.1 Å². The lowest BCUT2D eigenvalue weighted by Crippen LogP contribution is -2.21. The molecular formula is C19H26N4O2. The number of ether oxygens (including phenoxy) is 1. The summed E-state index contributed by atoms with van der Waals surface area (Å²) in [5.74, 6) is 1.98. The number of carbonyl (C=O) groups is 1. The third-order valence-corrected chi connectivity index (χ3v) is 3.89. The van der Waals surface area contributed by atoms with Gasteiger partial charge in [0.1, 0.15) is 11.6 Å². The van der Waals surface area contributed by atoms with E-state index >= 15 is 0 Å². The largest absolute Gasteiger partial charge is 0.478 e. The lowest BCUT2D eigenvalue weighted by molar-refractivity contribution is -0.120. The van der Waals surface area contributed by atoms with Gasteiger partial charge < -0.3 is 15.4 Å². The van der Waals surface area contributed by atoms with E-state index in [-0.39, 0.29) is 11.8 Å². The Labute approximate surface area is 149 Å². The predicted octanol–water partition coefficient (Wildman–Crippen LogP) is 4.30. The topological polar surface area (TPSA) is 76.1 Å². The minimum Gasteiger partial charge on any atom is -0.478 e. The molecular weight excluding hydrogens is 316 g/mol. The third kappa shape index (κ3) is 5.45. The van der Waals surface area contributed by atoms with Gasteiger partial charge >= 0.3 is 0 Å². The summed E-state index contributed by atoms with van der Waals surface area (Å²) in [5.41, 5.74) is 1.66. The molecule has 134 valence electrons. The Balaban J connectivity index is 2.04. The fraction of sp³-hybridized carbons (Fsp3) is 0.421. The molecule has 1 aromatic heterocycles. The van der Waals surface area contributed by atoms with Crippen LogP contribution in [-0.4, -0.2) is 22.5 Å². The summed E-state index contributed by atoms with van der Waals surface area (Å²) < 4.78 is 5.43. The minimum atomic E-state index is 0.0544. The van der Waals surface area contributed by atoms with Crippen LogP contribution in [0.5, 0.6) is 5.88 Å². The van der Waals surface area contributed by atoms with Crippen LogP contribution >= 0.6 is 0 Å². The summed E-state index contributed by atoms with van der Waals surface area (Å²) in [4.78, 5) is 20.7. The van der Waals surface area contributed by atoms with E-state index in [9.17, 15) is 4.79 Å². The van der Waals surface area contributed by atoms with E-state index in [1.807, 2.05) is 52.0 Å². The van der Waals surface area contributed by atoms with Crippen molar-refractivity contribution in [3.63, 3.8) is 0 Å². The summed E-state index contributed by atoms with van der Waals surface area (Å²) in [6.07, 6.45) is 1.69. The van der Waals surface area contributed by atoms with Gasteiger partial charge in [0.25, 0.3) is 0 Å². The maximum absolute atomic E-state index is 12.1. The maximum atomic E-state index is 12.1. The first-order valence-corrected chi connectivity index (χ1v) is 8.72. The molecule has 0 bridgehead atoms. The molecule has 0 atom stereocenters. The van der Waals surface area contributed by atoms with E-state index in [0.717, 1.165) is 24.2 Å². The maximum Gasteiger partial charge on any atom is 0.227 e. The number of nitrogens with one attached hydrogen (secondary N) is 2. The highest BCUT2D eigenvalue weighted by Crippen LogP contribution is 2.21. The Morgan fingerprint density at radius 2 is 1.72 bits per heavy atom. The first-order chi connectivity index (χ1) is 12.0. The number of benzene rings is 1. The van der Waals surface area contributed by atoms with Crippen LogP contribution in [0.15, 0.2) is 30.3 Å². The summed E-state index contributed by atoms with van der Waals surface area (Å²) in [6, 6.07) is 9.32. The zero-order valence-electron chi connectivity index (χ0n) is 15.3. The number of aryl methyl sites for hydroxylation is 1. The average Bonchev–Trinajstić information content (AvgIpc) is 2.57. The average molecular weight is 342 g/mol. The second-order valence-electron chi connectivity index (χ2n) is 5.78. The second kappa shape index (κ2) is 9.01. The molecule has 1 aromatic carbocycles. The second-order valence-corrected chi connectivity index (χ2v) is 5.78. The van der Waals surface area contributed by atoms with Crippen molar-refractivity contribution in [2.75, 3.05) is 17.2 Å². The highest BCUT2D eigenvalue weighted by Gasteiger charge is 2.13. The van der Waals surface area contributed by atoms with Gasteiger partial charge in [-0.2, -0.15) is 4.98 Å². The van der Waals surface area contributed by atoms with Gasteiger partial charge in [0.05, 0.1) is 6.61 Å². The van der Waals surface area contributed by atoms with E-state index < -0.39 is 0 Å². The van der Waals surface area contributed by atoms with Crippen molar-refractivity contribution in [2.45, 2.75) is 40.5 Å². The van der Waals surface area contributed by atoms with Gasteiger partial charge in [0, 0.05) is 23.4 Å². The molecule has 0 spiro atoms. The van der Waals surface area contributed by atoms with Crippen LogP contribution in [0.25, 0.3) is 0 Å². The van der Waals surface area contributed by atoms with Crippen molar-refractivity contribution >= 4 is 23.1 Å². The molecule has 0 aliphatic rings.